The Balaban J connectivity index is 2.02. The fraction of sp³-hybridized carbons (Fsp3) is 0.231. The maximum atomic E-state index is 13.7. The van der Waals surface area contributed by atoms with Crippen LogP contribution in [0.4, 0.5) is 5.69 Å². The molecule has 0 aliphatic rings. The number of carbonyl (C=O) groups excluding carboxylic acids is 2. The van der Waals surface area contributed by atoms with Crippen LogP contribution in [0.25, 0.3) is 0 Å². The molecule has 1 atom stereocenters. The molecule has 0 spiro atoms. The van der Waals surface area contributed by atoms with Gasteiger partial charge >= 0.3 is 0 Å². The van der Waals surface area contributed by atoms with Crippen molar-refractivity contribution in [1.82, 2.24) is 10.2 Å². The molecule has 0 fully saturated rings. The van der Waals surface area contributed by atoms with Gasteiger partial charge in [0.25, 0.3) is 10.0 Å². The topological polar surface area (TPSA) is 86.8 Å². The highest BCUT2D eigenvalue weighted by atomic mass is 35.5. The molecule has 0 heterocycles. The van der Waals surface area contributed by atoms with Crippen molar-refractivity contribution in [2.45, 2.75) is 31.3 Å². The highest BCUT2D eigenvalue weighted by molar-refractivity contribution is 7.92. The van der Waals surface area contributed by atoms with Crippen molar-refractivity contribution in [3.8, 4) is 0 Å². The van der Waals surface area contributed by atoms with E-state index in [1.165, 1.54) is 24.1 Å². The average Bonchev–Trinajstić information content (AvgIpc) is 2.86. The van der Waals surface area contributed by atoms with Crippen molar-refractivity contribution >= 4 is 50.7 Å². The van der Waals surface area contributed by atoms with Crippen molar-refractivity contribution in [3.05, 3.63) is 94.0 Å². The number of sulfonamides is 1. The zero-order chi connectivity index (χ0) is 26.5. The third-order valence-corrected chi connectivity index (χ3v) is 8.08. The van der Waals surface area contributed by atoms with Gasteiger partial charge in [-0.3, -0.25) is 13.9 Å². The van der Waals surface area contributed by atoms with Crippen molar-refractivity contribution in [2.75, 3.05) is 17.9 Å². The lowest BCUT2D eigenvalue weighted by Crippen LogP contribution is -2.50. The van der Waals surface area contributed by atoms with Crippen LogP contribution < -0.4 is 9.62 Å². The van der Waals surface area contributed by atoms with E-state index in [9.17, 15) is 18.0 Å². The Hall–Kier alpha value is -3.07. The zero-order valence-corrected chi connectivity index (χ0v) is 22.4. The Bertz CT molecular complexity index is 1330. The van der Waals surface area contributed by atoms with Crippen LogP contribution in [0.5, 0.6) is 0 Å². The van der Waals surface area contributed by atoms with E-state index in [4.69, 9.17) is 23.2 Å². The molecule has 0 aliphatic heterocycles. The molecule has 0 unspecified atom stereocenters. The minimum absolute atomic E-state index is 0.0172. The number of rotatable bonds is 9. The number of hydrogen-bond acceptors (Lipinski definition) is 4. The molecule has 3 aromatic rings. The second kappa shape index (κ2) is 11.8. The number of amides is 2. The fourth-order valence-electron chi connectivity index (χ4n) is 3.59. The molecule has 0 bridgehead atoms. The van der Waals surface area contributed by atoms with E-state index in [2.05, 4.69) is 5.32 Å². The lowest BCUT2D eigenvalue weighted by molar-refractivity contribution is -0.139. The number of hydrogen-bond donors (Lipinski definition) is 1. The summed E-state index contributed by atoms with van der Waals surface area (Å²) in [6, 6.07) is 18.7. The summed E-state index contributed by atoms with van der Waals surface area (Å²) in [5, 5.41) is 3.30. The molecule has 10 heteroatoms. The summed E-state index contributed by atoms with van der Waals surface area (Å²) in [6.07, 6.45) is 0. The summed E-state index contributed by atoms with van der Waals surface area (Å²) in [5.74, 6) is -0.974. The van der Waals surface area contributed by atoms with Crippen LogP contribution in [0.3, 0.4) is 0 Å². The minimum Gasteiger partial charge on any atom is -0.357 e. The summed E-state index contributed by atoms with van der Waals surface area (Å²) in [5.41, 5.74) is 1.79. The Labute approximate surface area is 221 Å². The molecule has 0 saturated carbocycles. The number of likely N-dealkylation sites (N-methyl/N-ethyl adjacent to an activating group) is 1. The van der Waals surface area contributed by atoms with Crippen LogP contribution in [0, 0.1) is 6.92 Å². The first-order valence-corrected chi connectivity index (χ1v) is 13.3. The molecule has 3 rings (SSSR count). The number of nitrogens with zero attached hydrogens (tertiary/aromatic N) is 2. The van der Waals surface area contributed by atoms with Gasteiger partial charge in [0.1, 0.15) is 12.6 Å². The number of anilines is 1. The van der Waals surface area contributed by atoms with Crippen LogP contribution in [-0.2, 0) is 26.2 Å². The van der Waals surface area contributed by atoms with Gasteiger partial charge in [-0.15, -0.1) is 0 Å². The van der Waals surface area contributed by atoms with Crippen LogP contribution in [0.15, 0.2) is 77.7 Å². The van der Waals surface area contributed by atoms with Gasteiger partial charge in [-0.05, 0) is 55.8 Å². The second-order valence-corrected chi connectivity index (χ2v) is 10.9. The predicted molar refractivity (Wildman–Crippen MR) is 143 cm³/mol. The van der Waals surface area contributed by atoms with E-state index in [1.54, 1.807) is 67.6 Å². The lowest BCUT2D eigenvalue weighted by atomic mass is 10.1. The summed E-state index contributed by atoms with van der Waals surface area (Å²) < 4.78 is 28.4. The van der Waals surface area contributed by atoms with Gasteiger partial charge in [0.15, 0.2) is 0 Å². The maximum Gasteiger partial charge on any atom is 0.264 e. The predicted octanol–water partition coefficient (Wildman–Crippen LogP) is 4.66. The molecule has 1 N–H and O–H groups in total. The third kappa shape index (κ3) is 6.37. The fourth-order valence-corrected chi connectivity index (χ4v) is 5.47. The average molecular weight is 548 g/mol. The molecular formula is C26H27Cl2N3O4S. The SMILES string of the molecule is CNC(=O)[C@H](C)N(Cc1ccc(Cl)cc1Cl)C(=O)CN(c1ccccc1)S(=O)(=O)c1ccc(C)cc1. The lowest BCUT2D eigenvalue weighted by Gasteiger charge is -2.32. The summed E-state index contributed by atoms with van der Waals surface area (Å²) in [6.45, 7) is 2.89. The summed E-state index contributed by atoms with van der Waals surface area (Å²) in [7, 11) is -2.63. The molecule has 2 amide bonds. The first-order valence-electron chi connectivity index (χ1n) is 11.1. The molecule has 36 heavy (non-hydrogen) atoms. The van der Waals surface area contributed by atoms with E-state index in [0.717, 1.165) is 9.87 Å². The third-order valence-electron chi connectivity index (χ3n) is 5.70. The van der Waals surface area contributed by atoms with E-state index in [-0.39, 0.29) is 11.4 Å². The van der Waals surface area contributed by atoms with Crippen LogP contribution in [-0.4, -0.2) is 44.8 Å². The minimum atomic E-state index is -4.10. The quantitative estimate of drug-likeness (QED) is 0.422. The number of carbonyl (C=O) groups is 2. The maximum absolute atomic E-state index is 13.7. The van der Waals surface area contributed by atoms with Gasteiger partial charge in [0, 0.05) is 23.6 Å². The first kappa shape index (κ1) is 27.5. The van der Waals surface area contributed by atoms with Crippen molar-refractivity contribution in [2.24, 2.45) is 0 Å². The largest absolute Gasteiger partial charge is 0.357 e. The summed E-state index contributed by atoms with van der Waals surface area (Å²) >= 11 is 12.3. The molecule has 0 aliphatic carbocycles. The normalized spacial score (nSPS) is 12.0. The van der Waals surface area contributed by atoms with E-state index >= 15 is 0 Å². The molecule has 7 nitrogen and oxygen atoms in total. The van der Waals surface area contributed by atoms with Gasteiger partial charge in [-0.1, -0.05) is 65.2 Å². The van der Waals surface area contributed by atoms with Gasteiger partial charge in [-0.2, -0.15) is 0 Å². The van der Waals surface area contributed by atoms with Gasteiger partial charge < -0.3 is 10.2 Å². The van der Waals surface area contributed by atoms with E-state index in [1.807, 2.05) is 6.92 Å². The Kier molecular flexibility index (Phi) is 9.00. The number of nitrogens with one attached hydrogen (secondary N) is 1. The molecule has 0 radical (unpaired) electrons. The highest BCUT2D eigenvalue weighted by Gasteiger charge is 2.32. The number of aryl methyl sites for hydroxylation is 1. The molecule has 190 valence electrons. The summed E-state index contributed by atoms with van der Waals surface area (Å²) in [4.78, 5) is 27.5. The van der Waals surface area contributed by atoms with Gasteiger partial charge in [0.05, 0.1) is 10.6 Å². The number of benzene rings is 3. The monoisotopic (exact) mass is 547 g/mol. The van der Waals surface area contributed by atoms with Crippen molar-refractivity contribution < 1.29 is 18.0 Å². The van der Waals surface area contributed by atoms with Crippen LogP contribution >= 0.6 is 23.2 Å². The zero-order valence-electron chi connectivity index (χ0n) is 20.1. The van der Waals surface area contributed by atoms with Gasteiger partial charge in [0.2, 0.25) is 11.8 Å². The highest BCUT2D eigenvalue weighted by Crippen LogP contribution is 2.26. The molecular weight excluding hydrogens is 521 g/mol. The molecule has 0 aromatic heterocycles. The first-order chi connectivity index (χ1) is 17.0. The van der Waals surface area contributed by atoms with E-state index < -0.39 is 34.4 Å². The van der Waals surface area contributed by atoms with Crippen molar-refractivity contribution in [1.29, 1.82) is 0 Å². The van der Waals surface area contributed by atoms with Crippen molar-refractivity contribution in [3.63, 3.8) is 0 Å². The Morgan fingerprint density at radius 3 is 2.19 bits per heavy atom. The van der Waals surface area contributed by atoms with Crippen LogP contribution in [0.2, 0.25) is 10.0 Å². The Morgan fingerprint density at radius 2 is 1.61 bits per heavy atom. The number of halogens is 2. The second-order valence-electron chi connectivity index (χ2n) is 8.21. The number of para-hydroxylation sites is 1. The Morgan fingerprint density at radius 1 is 0.972 bits per heavy atom. The van der Waals surface area contributed by atoms with E-state index in [0.29, 0.717) is 21.3 Å². The van der Waals surface area contributed by atoms with Gasteiger partial charge in [-0.25, -0.2) is 8.42 Å². The smallest absolute Gasteiger partial charge is 0.264 e. The standard InChI is InChI=1S/C26H27Cl2N3O4S/c1-18-9-13-23(14-10-18)36(34,35)31(22-7-5-4-6-8-22)17-25(32)30(19(2)26(33)29-3)16-20-11-12-21(27)15-24(20)28/h4-15,19H,16-17H2,1-3H3,(H,29,33)/t19-/m0/s1. The van der Waals surface area contributed by atoms with Crippen LogP contribution in [0.1, 0.15) is 18.1 Å². The molecule has 0 saturated heterocycles. The molecule has 3 aromatic carbocycles.